The number of amides is 1. The molecule has 0 unspecified atom stereocenters. The number of Topliss-reactive ketones (excluding diaryl/α,β-unsaturated/α-hetero) is 1. The Hall–Kier alpha value is -2.05. The first kappa shape index (κ1) is 19.9. The Morgan fingerprint density at radius 3 is 2.41 bits per heavy atom. The molecule has 0 aliphatic rings. The van der Waals surface area contributed by atoms with E-state index in [-0.39, 0.29) is 37.4 Å². The van der Waals surface area contributed by atoms with Gasteiger partial charge >= 0.3 is 12.2 Å². The van der Waals surface area contributed by atoms with Gasteiger partial charge in [0.05, 0.1) is 18.6 Å². The molecule has 124 valence electrons. The lowest BCUT2D eigenvalue weighted by Gasteiger charge is -2.19. The lowest BCUT2D eigenvalue weighted by Crippen LogP contribution is -2.43. The summed E-state index contributed by atoms with van der Waals surface area (Å²) in [6, 6.07) is -0.935. The normalized spacial score (nSPS) is 13.0. The van der Waals surface area contributed by atoms with Crippen LogP contribution in [0.15, 0.2) is 0 Å². The maximum Gasteiger partial charge on any atom is 0.328 e. The van der Waals surface area contributed by atoms with Crippen LogP contribution >= 0.6 is 0 Å². The van der Waals surface area contributed by atoms with Crippen LogP contribution in [-0.4, -0.2) is 54.0 Å². The van der Waals surface area contributed by atoms with E-state index in [0.29, 0.717) is 0 Å². The number of carbonyl (C=O) groups is 3. The van der Waals surface area contributed by atoms with Crippen molar-refractivity contribution in [2.75, 3.05) is 7.11 Å². The molecule has 0 heterocycles. The number of nitrogens with one attached hydrogen (secondary N) is 1. The van der Waals surface area contributed by atoms with Crippen molar-refractivity contribution in [3.8, 4) is 0 Å². The number of ether oxygens (including phenoxy) is 2. The molecule has 0 saturated heterocycles. The highest BCUT2D eigenvalue weighted by molar-refractivity contribution is 6.25. The minimum absolute atomic E-state index is 0.0535. The van der Waals surface area contributed by atoms with Gasteiger partial charge < -0.3 is 20.3 Å². The molecule has 0 aromatic carbocycles. The second-order valence-electron chi connectivity index (χ2n) is 5.11. The molecule has 0 saturated carbocycles. The highest BCUT2D eigenvalue weighted by Crippen LogP contribution is 2.05. The fourth-order valence-electron chi connectivity index (χ4n) is 1.58. The van der Waals surface area contributed by atoms with Crippen molar-refractivity contribution < 1.29 is 28.6 Å². The van der Waals surface area contributed by atoms with Crippen molar-refractivity contribution >= 4 is 23.9 Å². The van der Waals surface area contributed by atoms with Crippen LogP contribution in [-0.2, 0) is 23.9 Å². The number of hydrogen-bond acceptors (Lipinski definition) is 5. The van der Waals surface area contributed by atoms with Crippen LogP contribution in [0.25, 0.3) is 5.53 Å². The molecule has 0 aliphatic carbocycles. The second-order valence-corrected chi connectivity index (χ2v) is 5.11. The lowest BCUT2D eigenvalue weighted by molar-refractivity contribution is -0.152. The van der Waals surface area contributed by atoms with Gasteiger partial charge in [0.1, 0.15) is 6.04 Å². The van der Waals surface area contributed by atoms with E-state index in [4.69, 9.17) is 15.0 Å². The van der Waals surface area contributed by atoms with E-state index in [0.717, 1.165) is 6.21 Å². The average Bonchev–Trinajstić information content (AvgIpc) is 2.42. The molecule has 0 aromatic heterocycles. The molecule has 0 aromatic rings. The number of carbonyl (C=O) groups excluding carboxylic acids is 3. The van der Waals surface area contributed by atoms with E-state index in [1.165, 1.54) is 7.11 Å². The van der Waals surface area contributed by atoms with Crippen LogP contribution in [0.3, 0.4) is 0 Å². The third-order valence-electron chi connectivity index (χ3n) is 2.73. The molecule has 8 heteroatoms. The minimum atomic E-state index is -0.935. The van der Waals surface area contributed by atoms with Gasteiger partial charge in [-0.1, -0.05) is 0 Å². The highest BCUT2D eigenvalue weighted by atomic mass is 16.5. The van der Waals surface area contributed by atoms with E-state index < -0.39 is 17.8 Å². The summed E-state index contributed by atoms with van der Waals surface area (Å²) in [6.07, 6.45) is 0.226. The van der Waals surface area contributed by atoms with Gasteiger partial charge in [0.2, 0.25) is 11.7 Å². The Balaban J connectivity index is 4.70. The Morgan fingerprint density at radius 1 is 1.27 bits per heavy atom. The molecular formula is C14H23N3O5. The highest BCUT2D eigenvalue weighted by Gasteiger charge is 2.24. The molecule has 0 radical (unpaired) electrons. The summed E-state index contributed by atoms with van der Waals surface area (Å²) in [5.41, 5.74) is 8.28. The zero-order valence-corrected chi connectivity index (χ0v) is 13.4. The van der Waals surface area contributed by atoms with E-state index in [1.54, 1.807) is 20.8 Å². The smallest absolute Gasteiger partial charge is 0.328 e. The average molecular weight is 313 g/mol. The fourth-order valence-corrected chi connectivity index (χ4v) is 1.58. The van der Waals surface area contributed by atoms with E-state index in [2.05, 4.69) is 10.1 Å². The first-order valence-corrected chi connectivity index (χ1v) is 7.03. The number of ketones is 1. The first-order chi connectivity index (χ1) is 10.3. The van der Waals surface area contributed by atoms with Crippen molar-refractivity contribution in [1.82, 2.24) is 5.32 Å². The monoisotopic (exact) mass is 313 g/mol. The zero-order chi connectivity index (χ0) is 17.1. The number of hydrogen-bond donors (Lipinski definition) is 1. The van der Waals surface area contributed by atoms with E-state index in [9.17, 15) is 14.4 Å². The summed E-state index contributed by atoms with van der Waals surface area (Å²) in [5, 5.41) is 2.53. The third-order valence-corrected chi connectivity index (χ3v) is 2.73. The summed E-state index contributed by atoms with van der Waals surface area (Å²) < 4.78 is 10.0. The molecule has 0 bridgehead atoms. The quantitative estimate of drug-likeness (QED) is 0.273. The standard InChI is InChI=1S/C14H23N3O5/c1-9(2)22-14(20)12(6-5-11(18)8-16-15)17-13(19)7-10(3)21-4/h8-10,12H,5-7H2,1-4H3,(H,17,19)/t10-,12+/m1/s1. The molecule has 8 nitrogen and oxygen atoms in total. The Kier molecular flexibility index (Phi) is 9.65. The maximum atomic E-state index is 12.0. The van der Waals surface area contributed by atoms with Gasteiger partial charge in [-0.05, 0) is 27.2 Å². The van der Waals surface area contributed by atoms with Crippen LogP contribution in [0, 0.1) is 0 Å². The van der Waals surface area contributed by atoms with Crippen molar-refractivity contribution in [3.63, 3.8) is 0 Å². The molecule has 0 aliphatic heterocycles. The minimum Gasteiger partial charge on any atom is -0.461 e. The van der Waals surface area contributed by atoms with Crippen LogP contribution in [0.2, 0.25) is 0 Å². The summed E-state index contributed by atoms with van der Waals surface area (Å²) >= 11 is 0. The van der Waals surface area contributed by atoms with Gasteiger partial charge in [-0.2, -0.15) is 4.79 Å². The molecule has 0 fully saturated rings. The van der Waals surface area contributed by atoms with Gasteiger partial charge in [-0.15, -0.1) is 0 Å². The van der Waals surface area contributed by atoms with Gasteiger partial charge in [-0.25, -0.2) is 4.79 Å². The van der Waals surface area contributed by atoms with Crippen LogP contribution in [0.5, 0.6) is 0 Å². The van der Waals surface area contributed by atoms with Gasteiger partial charge in [-0.3, -0.25) is 9.59 Å². The maximum absolute atomic E-state index is 12.0. The lowest BCUT2D eigenvalue weighted by atomic mass is 10.1. The van der Waals surface area contributed by atoms with Crippen molar-refractivity contribution in [1.29, 1.82) is 0 Å². The third kappa shape index (κ3) is 8.99. The van der Waals surface area contributed by atoms with Gasteiger partial charge in [0, 0.05) is 13.5 Å². The SMILES string of the molecule is CO[C@H](C)CC(=O)N[C@@H](CCC(=O)C=[N+]=[N-])C(=O)OC(C)C. The zero-order valence-electron chi connectivity index (χ0n) is 13.4. The number of esters is 1. The number of rotatable bonds is 10. The van der Waals surface area contributed by atoms with E-state index in [1.807, 2.05) is 0 Å². The molecule has 1 amide bonds. The molecule has 0 spiro atoms. The molecule has 22 heavy (non-hydrogen) atoms. The van der Waals surface area contributed by atoms with Gasteiger partial charge in [0.25, 0.3) is 0 Å². The summed E-state index contributed by atoms with van der Waals surface area (Å²) in [4.78, 5) is 37.7. The molecule has 2 atom stereocenters. The molecule has 0 rings (SSSR count). The molecule has 1 N–H and O–H groups in total. The summed E-state index contributed by atoms with van der Waals surface area (Å²) in [5.74, 6) is -1.44. The second kappa shape index (κ2) is 10.6. The van der Waals surface area contributed by atoms with Crippen LogP contribution < -0.4 is 5.32 Å². The van der Waals surface area contributed by atoms with Gasteiger partial charge in [0.15, 0.2) is 0 Å². The van der Waals surface area contributed by atoms with Crippen molar-refractivity contribution in [2.45, 2.75) is 58.3 Å². The topological polar surface area (TPSA) is 118 Å². The largest absolute Gasteiger partial charge is 0.461 e. The fraction of sp³-hybridized carbons (Fsp3) is 0.714. The van der Waals surface area contributed by atoms with E-state index >= 15 is 0 Å². The predicted molar refractivity (Wildman–Crippen MR) is 78.2 cm³/mol. The Morgan fingerprint density at radius 2 is 1.91 bits per heavy atom. The summed E-state index contributed by atoms with van der Waals surface area (Å²) in [7, 11) is 1.48. The molecular weight excluding hydrogens is 290 g/mol. The van der Waals surface area contributed by atoms with Crippen molar-refractivity contribution in [2.24, 2.45) is 0 Å². The predicted octanol–water partition coefficient (Wildman–Crippen LogP) is 0.498. The van der Waals surface area contributed by atoms with Crippen LogP contribution in [0.1, 0.15) is 40.0 Å². The number of methoxy groups -OCH3 is 1. The van der Waals surface area contributed by atoms with Crippen molar-refractivity contribution in [3.05, 3.63) is 5.53 Å². The number of nitrogens with zero attached hydrogens (tertiary/aromatic N) is 2. The Bertz CT molecular complexity index is 444. The first-order valence-electron chi connectivity index (χ1n) is 7.03. The summed E-state index contributed by atoms with van der Waals surface area (Å²) in [6.45, 7) is 5.10. The Labute approximate surface area is 129 Å². The van der Waals surface area contributed by atoms with Crippen LogP contribution in [0.4, 0.5) is 0 Å².